The number of para-hydroxylation sites is 3. The Morgan fingerprint density at radius 2 is 1.25 bits per heavy atom. The zero-order chi connectivity index (χ0) is 20.0. The lowest BCUT2D eigenvalue weighted by Crippen LogP contribution is -2.02. The molecule has 1 unspecified atom stereocenters. The number of phenols is 1. The molecule has 0 aliphatic rings. The molecule has 0 spiro atoms. The molecule has 0 radical (unpaired) electrons. The van der Waals surface area contributed by atoms with Crippen LogP contribution in [0, 0.1) is 0 Å². The van der Waals surface area contributed by atoms with Crippen molar-refractivity contribution in [2.24, 2.45) is 0 Å². The first-order chi connectivity index (χ1) is 13.8. The number of ether oxygens (including phenoxy) is 1. The molecule has 2 rings (SSSR count). The molecule has 0 bridgehead atoms. The summed E-state index contributed by atoms with van der Waals surface area (Å²) in [5.41, 5.74) is 1.28. The molecule has 2 nitrogen and oxygen atoms in total. The van der Waals surface area contributed by atoms with E-state index in [4.69, 9.17) is 4.74 Å². The maximum absolute atomic E-state index is 10.1. The van der Waals surface area contributed by atoms with Crippen molar-refractivity contribution in [2.75, 3.05) is 0 Å². The standard InChI is InChI=1S/C26H38O2/c1-3-5-7-8-9-10-11-17-22(16-6-4-2)23-18-12-14-20-25(23)28-26-21-15-13-19-24(26)27/h12-15,18-22,27H,3-11,16-17H2,1-2H3. The number of aromatic hydroxyl groups is 1. The molecule has 1 atom stereocenters. The largest absolute Gasteiger partial charge is 0.504 e. The number of rotatable bonds is 14. The van der Waals surface area contributed by atoms with Crippen molar-refractivity contribution < 1.29 is 9.84 Å². The summed E-state index contributed by atoms with van der Waals surface area (Å²) in [4.78, 5) is 0. The van der Waals surface area contributed by atoms with Gasteiger partial charge >= 0.3 is 0 Å². The van der Waals surface area contributed by atoms with Crippen LogP contribution in [-0.4, -0.2) is 5.11 Å². The van der Waals surface area contributed by atoms with Crippen molar-refractivity contribution in [3.63, 3.8) is 0 Å². The van der Waals surface area contributed by atoms with E-state index >= 15 is 0 Å². The minimum atomic E-state index is 0.189. The van der Waals surface area contributed by atoms with Crippen molar-refractivity contribution in [3.05, 3.63) is 54.1 Å². The molecule has 0 aromatic heterocycles. The molecule has 154 valence electrons. The average molecular weight is 383 g/mol. The van der Waals surface area contributed by atoms with Gasteiger partial charge in [-0.3, -0.25) is 0 Å². The Balaban J connectivity index is 2.01. The van der Waals surface area contributed by atoms with Crippen LogP contribution >= 0.6 is 0 Å². The van der Waals surface area contributed by atoms with Crippen molar-refractivity contribution in [3.8, 4) is 17.2 Å². The summed E-state index contributed by atoms with van der Waals surface area (Å²) in [6.45, 7) is 4.53. The van der Waals surface area contributed by atoms with E-state index in [0.717, 1.165) is 5.75 Å². The van der Waals surface area contributed by atoms with Gasteiger partial charge in [0.1, 0.15) is 5.75 Å². The fraction of sp³-hybridized carbons (Fsp3) is 0.538. The van der Waals surface area contributed by atoms with E-state index in [1.807, 2.05) is 30.3 Å². The number of hydrogen-bond donors (Lipinski definition) is 1. The van der Waals surface area contributed by atoms with Crippen LogP contribution in [0.1, 0.15) is 96.0 Å². The van der Waals surface area contributed by atoms with Gasteiger partial charge in [-0.2, -0.15) is 0 Å². The first-order valence-electron chi connectivity index (χ1n) is 11.3. The van der Waals surface area contributed by atoms with Gasteiger partial charge in [-0.25, -0.2) is 0 Å². The fourth-order valence-electron chi connectivity index (χ4n) is 3.83. The quantitative estimate of drug-likeness (QED) is 0.331. The maximum atomic E-state index is 10.1. The van der Waals surface area contributed by atoms with Crippen molar-refractivity contribution >= 4 is 0 Å². The Labute approximate surface area is 172 Å². The molecule has 0 heterocycles. The summed E-state index contributed by atoms with van der Waals surface area (Å²) < 4.78 is 6.12. The molecule has 0 saturated heterocycles. The Hall–Kier alpha value is -1.96. The van der Waals surface area contributed by atoms with E-state index in [0.29, 0.717) is 11.7 Å². The first kappa shape index (κ1) is 22.3. The zero-order valence-corrected chi connectivity index (χ0v) is 17.8. The first-order valence-corrected chi connectivity index (χ1v) is 11.3. The molecule has 1 N–H and O–H groups in total. The van der Waals surface area contributed by atoms with Crippen LogP contribution in [-0.2, 0) is 0 Å². The number of phenolic OH excluding ortho intramolecular Hbond substituents is 1. The Bertz CT molecular complexity index is 665. The summed E-state index contributed by atoms with van der Waals surface area (Å²) >= 11 is 0. The van der Waals surface area contributed by atoms with Crippen LogP contribution in [0.25, 0.3) is 0 Å². The lowest BCUT2D eigenvalue weighted by molar-refractivity contribution is 0.402. The van der Waals surface area contributed by atoms with Gasteiger partial charge < -0.3 is 9.84 Å². The van der Waals surface area contributed by atoms with E-state index in [9.17, 15) is 5.11 Å². The highest BCUT2D eigenvalue weighted by molar-refractivity contribution is 5.45. The highest BCUT2D eigenvalue weighted by atomic mass is 16.5. The van der Waals surface area contributed by atoms with E-state index in [2.05, 4.69) is 26.0 Å². The van der Waals surface area contributed by atoms with Crippen molar-refractivity contribution in [1.82, 2.24) is 0 Å². The summed E-state index contributed by atoms with van der Waals surface area (Å²) in [5, 5.41) is 10.1. The Morgan fingerprint density at radius 3 is 1.96 bits per heavy atom. The Morgan fingerprint density at radius 1 is 0.679 bits per heavy atom. The summed E-state index contributed by atoms with van der Waals surface area (Å²) in [7, 11) is 0. The second kappa shape index (κ2) is 13.3. The van der Waals surface area contributed by atoms with Crippen molar-refractivity contribution in [1.29, 1.82) is 0 Å². The predicted molar refractivity (Wildman–Crippen MR) is 119 cm³/mol. The van der Waals surface area contributed by atoms with E-state index in [1.54, 1.807) is 6.07 Å². The molecule has 0 aliphatic heterocycles. The summed E-state index contributed by atoms with van der Waals surface area (Å²) in [5.74, 6) is 2.13. The fourth-order valence-corrected chi connectivity index (χ4v) is 3.83. The lowest BCUT2D eigenvalue weighted by Gasteiger charge is -2.21. The average Bonchev–Trinajstić information content (AvgIpc) is 2.72. The zero-order valence-electron chi connectivity index (χ0n) is 17.8. The van der Waals surface area contributed by atoms with Crippen LogP contribution in [0.2, 0.25) is 0 Å². The topological polar surface area (TPSA) is 29.5 Å². The maximum Gasteiger partial charge on any atom is 0.169 e. The normalized spacial score (nSPS) is 12.1. The smallest absolute Gasteiger partial charge is 0.169 e. The molecular weight excluding hydrogens is 344 g/mol. The minimum absolute atomic E-state index is 0.189. The van der Waals surface area contributed by atoms with Crippen molar-refractivity contribution in [2.45, 2.75) is 90.4 Å². The van der Waals surface area contributed by atoms with Crippen LogP contribution in [0.3, 0.4) is 0 Å². The molecule has 2 aromatic rings. The van der Waals surface area contributed by atoms with Gasteiger partial charge in [0.15, 0.2) is 11.5 Å². The monoisotopic (exact) mass is 382 g/mol. The highest BCUT2D eigenvalue weighted by Crippen LogP contribution is 2.38. The summed E-state index contributed by atoms with van der Waals surface area (Å²) in [6.07, 6.45) is 14.3. The van der Waals surface area contributed by atoms with Gasteiger partial charge in [0.2, 0.25) is 0 Å². The lowest BCUT2D eigenvalue weighted by atomic mass is 9.88. The molecular formula is C26H38O2. The molecule has 28 heavy (non-hydrogen) atoms. The van der Waals surface area contributed by atoms with Crippen LogP contribution < -0.4 is 4.74 Å². The SMILES string of the molecule is CCCCCCCCCC(CCCC)c1ccccc1Oc1ccccc1O. The third-order valence-electron chi connectivity index (χ3n) is 5.51. The third-order valence-corrected chi connectivity index (χ3v) is 5.51. The highest BCUT2D eigenvalue weighted by Gasteiger charge is 2.17. The molecule has 0 amide bonds. The Kier molecular flexibility index (Phi) is 10.6. The molecule has 2 heteroatoms. The molecule has 2 aromatic carbocycles. The van der Waals surface area contributed by atoms with Gasteiger partial charge in [0.05, 0.1) is 0 Å². The van der Waals surface area contributed by atoms with E-state index in [1.165, 1.54) is 76.2 Å². The van der Waals surface area contributed by atoms with Gasteiger partial charge in [-0.1, -0.05) is 102 Å². The number of benzene rings is 2. The minimum Gasteiger partial charge on any atom is -0.504 e. The summed E-state index contributed by atoms with van der Waals surface area (Å²) in [6, 6.07) is 15.6. The van der Waals surface area contributed by atoms with Gasteiger partial charge in [-0.05, 0) is 42.5 Å². The van der Waals surface area contributed by atoms with Gasteiger partial charge in [-0.15, -0.1) is 0 Å². The van der Waals surface area contributed by atoms with E-state index < -0.39 is 0 Å². The molecule has 0 aliphatic carbocycles. The second-order valence-electron chi connectivity index (χ2n) is 7.86. The molecule has 0 saturated carbocycles. The van der Waals surface area contributed by atoms with E-state index in [-0.39, 0.29) is 5.75 Å². The molecule has 0 fully saturated rings. The van der Waals surface area contributed by atoms with Gasteiger partial charge in [0.25, 0.3) is 0 Å². The number of hydrogen-bond acceptors (Lipinski definition) is 2. The van der Waals surface area contributed by atoms with Crippen LogP contribution in [0.4, 0.5) is 0 Å². The number of unbranched alkanes of at least 4 members (excludes halogenated alkanes) is 7. The predicted octanol–water partition coefficient (Wildman–Crippen LogP) is 8.60. The van der Waals surface area contributed by atoms with Crippen LogP contribution in [0.15, 0.2) is 48.5 Å². The third kappa shape index (κ3) is 7.58. The van der Waals surface area contributed by atoms with Crippen LogP contribution in [0.5, 0.6) is 17.2 Å². The second-order valence-corrected chi connectivity index (χ2v) is 7.86. The van der Waals surface area contributed by atoms with Gasteiger partial charge in [0, 0.05) is 0 Å².